The summed E-state index contributed by atoms with van der Waals surface area (Å²) in [4.78, 5) is 0. The van der Waals surface area contributed by atoms with E-state index in [0.29, 0.717) is 0 Å². The molecule has 0 atom stereocenters. The van der Waals surface area contributed by atoms with Crippen molar-refractivity contribution in [1.29, 1.82) is 0 Å². The maximum atomic E-state index is 8.74. The minimum absolute atomic E-state index is 0.249. The molecule has 1 N–H and O–H groups in total. The summed E-state index contributed by atoms with van der Waals surface area (Å²) in [6, 6.07) is 0. The van der Waals surface area contributed by atoms with Crippen LogP contribution in [0.5, 0.6) is 0 Å². The second kappa shape index (κ2) is 65.4. The summed E-state index contributed by atoms with van der Waals surface area (Å²) in [5.74, 6) is 0. The summed E-state index contributed by atoms with van der Waals surface area (Å²) in [5, 5.41) is 8.74. The zero-order valence-electron chi connectivity index (χ0n) is 43.5. The number of hydrogen-bond acceptors (Lipinski definition) is 14. The first-order valence-corrected chi connectivity index (χ1v) is 27.4. The van der Waals surface area contributed by atoms with Crippen LogP contribution in [0.15, 0.2) is 0 Å². The Kier molecular flexibility index (Phi) is 64.9. The van der Waals surface area contributed by atoms with Crippen molar-refractivity contribution in [2.75, 3.05) is 179 Å². The number of rotatable bonds is 64. The zero-order chi connectivity index (χ0) is 48.0. The van der Waals surface area contributed by atoms with Gasteiger partial charge >= 0.3 is 0 Å². The van der Waals surface area contributed by atoms with Crippen LogP contribution in [0.25, 0.3) is 0 Å². The molecule has 0 unspecified atom stereocenters. The van der Waals surface area contributed by atoms with Gasteiger partial charge in [0.05, 0.1) is 0 Å². The third-order valence-corrected chi connectivity index (χ3v) is 10.7. The Labute approximate surface area is 411 Å². The lowest BCUT2D eigenvalue weighted by Gasteiger charge is -2.08. The van der Waals surface area contributed by atoms with Gasteiger partial charge in [0.25, 0.3) is 0 Å². The lowest BCUT2D eigenvalue weighted by Crippen LogP contribution is -2.05. The third kappa shape index (κ3) is 65.4. The van der Waals surface area contributed by atoms with Crippen LogP contribution in [0.1, 0.15) is 167 Å². The summed E-state index contributed by atoms with van der Waals surface area (Å²) in [5.41, 5.74) is 0. The monoisotopic (exact) mass is 969 g/mol. The van der Waals surface area contributed by atoms with Crippen molar-refractivity contribution >= 4 is 0 Å². The van der Waals surface area contributed by atoms with Gasteiger partial charge in [0.15, 0.2) is 0 Å². The fourth-order valence-electron chi connectivity index (χ4n) is 6.48. The Morgan fingerprint density at radius 2 is 0.269 bits per heavy atom. The molecule has 0 aromatic carbocycles. The Morgan fingerprint density at radius 1 is 0.164 bits per heavy atom. The molecule has 0 aliphatic rings. The lowest BCUT2D eigenvalue weighted by molar-refractivity contribution is 0.0763. The molecule has 14 heteroatoms. The van der Waals surface area contributed by atoms with Crippen LogP contribution >= 0.6 is 0 Å². The first kappa shape index (κ1) is 66.4. The maximum absolute atomic E-state index is 8.74. The summed E-state index contributed by atoms with van der Waals surface area (Å²) in [6.45, 7) is 20.4. The molecule has 0 fully saturated rings. The highest BCUT2D eigenvalue weighted by Gasteiger charge is 2.00. The van der Waals surface area contributed by atoms with Gasteiger partial charge in [-0.2, -0.15) is 0 Å². The molecule has 0 rings (SSSR count). The van der Waals surface area contributed by atoms with Crippen LogP contribution in [-0.4, -0.2) is 184 Å². The van der Waals surface area contributed by atoms with Crippen LogP contribution in [-0.2, 0) is 61.6 Å². The molecule has 0 aromatic rings. The second-order valence-corrected chi connectivity index (χ2v) is 17.3. The van der Waals surface area contributed by atoms with Gasteiger partial charge in [-0.1, -0.05) is 0 Å². The first-order valence-electron chi connectivity index (χ1n) is 27.4. The SMILES string of the molecule is COCCCCOCCCCOCCCCOCCCCOCCCCOCCCCOCCCCOCCCCOCCCCOCCCCOCCCCOCCCCOCCCCO. The van der Waals surface area contributed by atoms with Gasteiger partial charge < -0.3 is 66.7 Å². The summed E-state index contributed by atoms with van der Waals surface area (Å²) in [6.07, 6.45) is 26.9. The quantitative estimate of drug-likeness (QED) is 0.0578. The van der Waals surface area contributed by atoms with Crippen molar-refractivity contribution in [3.63, 3.8) is 0 Å². The van der Waals surface area contributed by atoms with E-state index in [1.165, 1.54) is 0 Å². The molecule has 0 aliphatic heterocycles. The predicted molar refractivity (Wildman–Crippen MR) is 269 cm³/mol. The minimum Gasteiger partial charge on any atom is -0.396 e. The van der Waals surface area contributed by atoms with Crippen molar-refractivity contribution in [1.82, 2.24) is 0 Å². The maximum Gasteiger partial charge on any atom is 0.0466 e. The number of hydrogen-bond donors (Lipinski definition) is 1. The van der Waals surface area contributed by atoms with Crippen LogP contribution in [0.3, 0.4) is 0 Å². The van der Waals surface area contributed by atoms with Crippen LogP contribution in [0.2, 0.25) is 0 Å². The largest absolute Gasteiger partial charge is 0.396 e. The van der Waals surface area contributed by atoms with Crippen molar-refractivity contribution in [2.45, 2.75) is 167 Å². The smallest absolute Gasteiger partial charge is 0.0466 e. The van der Waals surface area contributed by atoms with Gasteiger partial charge in [0.2, 0.25) is 0 Å². The molecule has 0 amide bonds. The fraction of sp³-hybridized carbons (Fsp3) is 1.00. The third-order valence-electron chi connectivity index (χ3n) is 10.7. The highest BCUT2D eigenvalue weighted by molar-refractivity contribution is 4.49. The molecule has 0 saturated heterocycles. The minimum atomic E-state index is 0.249. The molecule has 67 heavy (non-hydrogen) atoms. The first-order chi connectivity index (χ1) is 33.4. The van der Waals surface area contributed by atoms with Crippen LogP contribution < -0.4 is 0 Å². The normalized spacial score (nSPS) is 11.7. The molecule has 14 nitrogen and oxygen atoms in total. The Balaban J connectivity index is 3.07. The van der Waals surface area contributed by atoms with Crippen LogP contribution in [0.4, 0.5) is 0 Å². The van der Waals surface area contributed by atoms with E-state index in [1.54, 1.807) is 7.11 Å². The van der Waals surface area contributed by atoms with Gasteiger partial charge in [-0.25, -0.2) is 0 Å². The highest BCUT2D eigenvalue weighted by atomic mass is 16.5. The molecule has 0 saturated carbocycles. The van der Waals surface area contributed by atoms with E-state index < -0.39 is 0 Å². The molecule has 0 bridgehead atoms. The van der Waals surface area contributed by atoms with E-state index in [1.807, 2.05) is 0 Å². The zero-order valence-corrected chi connectivity index (χ0v) is 43.5. The van der Waals surface area contributed by atoms with Gasteiger partial charge in [0, 0.05) is 179 Å². The number of aliphatic hydroxyl groups excluding tert-OH is 1. The molecular formula is C53H108O14. The predicted octanol–water partition coefficient (Wildman–Crippen LogP) is 9.97. The van der Waals surface area contributed by atoms with E-state index in [2.05, 4.69) is 0 Å². The van der Waals surface area contributed by atoms with E-state index in [9.17, 15) is 0 Å². The van der Waals surface area contributed by atoms with Crippen molar-refractivity contribution in [3.8, 4) is 0 Å². The highest BCUT2D eigenvalue weighted by Crippen LogP contribution is 2.03. The van der Waals surface area contributed by atoms with Gasteiger partial charge in [0.1, 0.15) is 0 Å². The lowest BCUT2D eigenvalue weighted by atomic mass is 10.3. The van der Waals surface area contributed by atoms with Gasteiger partial charge in [-0.15, -0.1) is 0 Å². The topological polar surface area (TPSA) is 140 Å². The standard InChI is InChI=1S/C53H108O14/c1-55-29-4-5-31-57-33-8-9-35-59-37-12-13-39-61-41-16-17-43-63-45-20-21-47-65-49-24-25-51-67-53-27-26-52-66-50-23-22-48-64-46-19-18-44-62-42-15-14-40-60-38-11-10-36-58-34-7-6-32-56-30-3-2-28-54/h54H,2-53H2,1H3. The van der Waals surface area contributed by atoms with Gasteiger partial charge in [-0.3, -0.25) is 0 Å². The molecule has 0 spiro atoms. The van der Waals surface area contributed by atoms with Crippen molar-refractivity contribution < 1.29 is 66.7 Å². The number of ether oxygens (including phenoxy) is 13. The molecule has 0 aliphatic carbocycles. The van der Waals surface area contributed by atoms with Crippen molar-refractivity contribution in [3.05, 3.63) is 0 Å². The Hall–Kier alpha value is -0.560. The Morgan fingerprint density at radius 3 is 0.373 bits per heavy atom. The van der Waals surface area contributed by atoms with E-state index in [0.717, 1.165) is 332 Å². The number of methoxy groups -OCH3 is 1. The summed E-state index contributed by atoms with van der Waals surface area (Å²) in [7, 11) is 1.74. The fourth-order valence-corrected chi connectivity index (χ4v) is 6.48. The molecule has 0 aromatic heterocycles. The average molecular weight is 969 g/mol. The Bertz CT molecular complexity index is 768. The van der Waals surface area contributed by atoms with E-state index >= 15 is 0 Å². The van der Waals surface area contributed by atoms with E-state index in [-0.39, 0.29) is 6.61 Å². The average Bonchev–Trinajstić information content (AvgIpc) is 3.34. The molecule has 0 heterocycles. The second-order valence-electron chi connectivity index (χ2n) is 17.3. The number of aliphatic hydroxyl groups is 1. The summed E-state index contributed by atoms with van der Waals surface area (Å²) < 4.78 is 73.7. The molecule has 0 radical (unpaired) electrons. The van der Waals surface area contributed by atoms with Crippen molar-refractivity contribution in [2.24, 2.45) is 0 Å². The van der Waals surface area contributed by atoms with Crippen LogP contribution in [0, 0.1) is 0 Å². The summed E-state index contributed by atoms with van der Waals surface area (Å²) >= 11 is 0. The molecular weight excluding hydrogens is 861 g/mol. The number of unbranched alkanes of at least 4 members (excludes halogenated alkanes) is 13. The van der Waals surface area contributed by atoms with Gasteiger partial charge in [-0.05, 0) is 167 Å². The van der Waals surface area contributed by atoms with E-state index in [4.69, 9.17) is 66.7 Å². The molecule has 404 valence electrons.